The van der Waals surface area contributed by atoms with Crippen molar-refractivity contribution < 1.29 is 0 Å². The van der Waals surface area contributed by atoms with Gasteiger partial charge in [-0.05, 0) is 48.1 Å². The lowest BCUT2D eigenvalue weighted by Crippen LogP contribution is -1.95. The molecule has 0 saturated carbocycles. The summed E-state index contributed by atoms with van der Waals surface area (Å²) in [5.41, 5.74) is 6.28. The first-order valence-corrected chi connectivity index (χ1v) is 7.56. The first-order chi connectivity index (χ1) is 10.2. The molecule has 110 valence electrons. The van der Waals surface area contributed by atoms with Crippen molar-refractivity contribution in [2.24, 2.45) is 0 Å². The van der Waals surface area contributed by atoms with Crippen LogP contribution in [0.5, 0.6) is 0 Å². The Bertz CT molecular complexity index is 565. The second-order valence-corrected chi connectivity index (χ2v) is 4.99. The number of rotatable bonds is 7. The van der Waals surface area contributed by atoms with Crippen molar-refractivity contribution in [1.29, 1.82) is 0 Å². The predicted octanol–water partition coefficient (Wildman–Crippen LogP) is 6.50. The minimum Gasteiger partial charge on any atom is -0.0991 e. The Morgan fingerprint density at radius 3 is 2.29 bits per heavy atom. The minimum absolute atomic E-state index is 1.04. The smallest absolute Gasteiger partial charge is 0.0184 e. The molecule has 0 aliphatic carbocycles. The van der Waals surface area contributed by atoms with Crippen LogP contribution < -0.4 is 0 Å². The van der Waals surface area contributed by atoms with Gasteiger partial charge >= 0.3 is 0 Å². The van der Waals surface area contributed by atoms with E-state index in [1.54, 1.807) is 0 Å². The molecular formula is C21H26. The van der Waals surface area contributed by atoms with Gasteiger partial charge in [-0.2, -0.15) is 0 Å². The summed E-state index contributed by atoms with van der Waals surface area (Å²) >= 11 is 0. The van der Waals surface area contributed by atoms with Gasteiger partial charge in [0.15, 0.2) is 0 Å². The summed E-state index contributed by atoms with van der Waals surface area (Å²) in [6.45, 7) is 14.3. The van der Waals surface area contributed by atoms with E-state index < -0.39 is 0 Å². The van der Waals surface area contributed by atoms with E-state index >= 15 is 0 Å². The van der Waals surface area contributed by atoms with E-state index in [1.165, 1.54) is 27.9 Å². The van der Waals surface area contributed by atoms with Crippen LogP contribution in [0.1, 0.15) is 39.2 Å². The molecule has 0 heterocycles. The first kappa shape index (κ1) is 17.0. The third-order valence-corrected chi connectivity index (χ3v) is 3.57. The molecule has 0 aliphatic rings. The number of allylic oxidation sites excluding steroid dienone is 8. The number of benzene rings is 1. The molecule has 0 atom stereocenters. The van der Waals surface area contributed by atoms with Gasteiger partial charge in [0.05, 0.1) is 0 Å². The van der Waals surface area contributed by atoms with Crippen molar-refractivity contribution in [1.82, 2.24) is 0 Å². The second-order valence-electron chi connectivity index (χ2n) is 4.99. The Kier molecular flexibility index (Phi) is 7.25. The standard InChI is InChI=1S/C21H26/c1-6-13-18(14-7-2)20(8-3)17(5)21(9-4)19-15-11-10-12-16-19/h6,8-13,15-16H,1,3,7,14H2,2,4-5H3/b18-13+,20-17+,21-9+. The van der Waals surface area contributed by atoms with Crippen LogP contribution in [0.3, 0.4) is 0 Å². The lowest BCUT2D eigenvalue weighted by molar-refractivity contribution is 0.915. The van der Waals surface area contributed by atoms with Crippen LogP contribution in [0.4, 0.5) is 0 Å². The molecule has 0 aliphatic heterocycles. The molecule has 0 radical (unpaired) electrons. The molecular weight excluding hydrogens is 252 g/mol. The van der Waals surface area contributed by atoms with Gasteiger partial charge in [-0.3, -0.25) is 0 Å². The van der Waals surface area contributed by atoms with Gasteiger partial charge in [0, 0.05) is 0 Å². The highest BCUT2D eigenvalue weighted by atomic mass is 14.1. The van der Waals surface area contributed by atoms with E-state index in [4.69, 9.17) is 0 Å². The van der Waals surface area contributed by atoms with Crippen LogP contribution in [0.2, 0.25) is 0 Å². The van der Waals surface area contributed by atoms with Crippen molar-refractivity contribution in [2.75, 3.05) is 0 Å². The lowest BCUT2D eigenvalue weighted by Gasteiger charge is -2.15. The Labute approximate surface area is 129 Å². The van der Waals surface area contributed by atoms with Gasteiger partial charge in [0.1, 0.15) is 0 Å². The first-order valence-electron chi connectivity index (χ1n) is 7.56. The van der Waals surface area contributed by atoms with E-state index in [2.05, 4.69) is 70.3 Å². The van der Waals surface area contributed by atoms with Crippen LogP contribution in [-0.4, -0.2) is 0 Å². The highest BCUT2D eigenvalue weighted by Gasteiger charge is 2.10. The molecule has 0 aromatic heterocycles. The molecule has 0 fully saturated rings. The molecule has 21 heavy (non-hydrogen) atoms. The molecule has 1 aromatic rings. The van der Waals surface area contributed by atoms with Crippen molar-refractivity contribution in [3.05, 3.63) is 90.1 Å². The highest BCUT2D eigenvalue weighted by Crippen LogP contribution is 2.30. The molecule has 0 amide bonds. The molecule has 0 heteroatoms. The molecule has 0 bridgehead atoms. The third-order valence-electron chi connectivity index (χ3n) is 3.57. The molecule has 0 nitrogen and oxygen atoms in total. The lowest BCUT2D eigenvalue weighted by atomic mass is 9.89. The normalized spacial score (nSPS) is 13.7. The Hall–Kier alpha value is -2.08. The Morgan fingerprint density at radius 2 is 1.81 bits per heavy atom. The van der Waals surface area contributed by atoms with Gasteiger partial charge in [-0.15, -0.1) is 0 Å². The van der Waals surface area contributed by atoms with Crippen molar-refractivity contribution in [2.45, 2.75) is 33.6 Å². The zero-order valence-electron chi connectivity index (χ0n) is 13.5. The average Bonchev–Trinajstić information content (AvgIpc) is 2.50. The monoisotopic (exact) mass is 278 g/mol. The summed E-state index contributed by atoms with van der Waals surface area (Å²) in [7, 11) is 0. The molecule has 1 rings (SSSR count). The van der Waals surface area contributed by atoms with Gasteiger partial charge in [0.25, 0.3) is 0 Å². The zero-order valence-corrected chi connectivity index (χ0v) is 13.5. The van der Waals surface area contributed by atoms with Crippen LogP contribution in [-0.2, 0) is 0 Å². The largest absolute Gasteiger partial charge is 0.0991 e. The van der Waals surface area contributed by atoms with Crippen molar-refractivity contribution in [3.63, 3.8) is 0 Å². The number of hydrogen-bond donors (Lipinski definition) is 0. The maximum atomic E-state index is 4.02. The molecule has 0 saturated heterocycles. The quantitative estimate of drug-likeness (QED) is 0.499. The molecule has 0 N–H and O–H groups in total. The van der Waals surface area contributed by atoms with Gasteiger partial charge < -0.3 is 0 Å². The molecule has 0 unspecified atom stereocenters. The number of hydrogen-bond acceptors (Lipinski definition) is 0. The topological polar surface area (TPSA) is 0 Å². The summed E-state index contributed by atoms with van der Waals surface area (Å²) in [5, 5.41) is 0. The van der Waals surface area contributed by atoms with Crippen LogP contribution in [0, 0.1) is 0 Å². The fourth-order valence-electron chi connectivity index (χ4n) is 2.61. The summed E-state index contributed by atoms with van der Waals surface area (Å²) in [6.07, 6.45) is 10.2. The highest BCUT2D eigenvalue weighted by molar-refractivity contribution is 5.81. The average molecular weight is 278 g/mol. The van der Waals surface area contributed by atoms with E-state index in [1.807, 2.05) is 18.2 Å². The second kappa shape index (κ2) is 8.97. The van der Waals surface area contributed by atoms with E-state index in [-0.39, 0.29) is 0 Å². The van der Waals surface area contributed by atoms with E-state index in [0.717, 1.165) is 12.8 Å². The fourth-order valence-corrected chi connectivity index (χ4v) is 2.61. The Balaban J connectivity index is 3.37. The van der Waals surface area contributed by atoms with Crippen molar-refractivity contribution >= 4 is 5.57 Å². The minimum atomic E-state index is 1.04. The summed E-state index contributed by atoms with van der Waals surface area (Å²) in [6, 6.07) is 10.5. The van der Waals surface area contributed by atoms with Crippen LogP contribution in [0.25, 0.3) is 5.57 Å². The van der Waals surface area contributed by atoms with Gasteiger partial charge in [-0.25, -0.2) is 0 Å². The predicted molar refractivity (Wildman–Crippen MR) is 96.2 cm³/mol. The summed E-state index contributed by atoms with van der Waals surface area (Å²) in [4.78, 5) is 0. The Morgan fingerprint density at radius 1 is 1.14 bits per heavy atom. The third kappa shape index (κ3) is 4.46. The van der Waals surface area contributed by atoms with Crippen molar-refractivity contribution in [3.8, 4) is 0 Å². The summed E-state index contributed by atoms with van der Waals surface area (Å²) < 4.78 is 0. The SMILES string of the molecule is C=C/C=C(CCC)/C(C=C)=C(C)/C(=C\C)c1ccccc1. The summed E-state index contributed by atoms with van der Waals surface area (Å²) in [5.74, 6) is 0. The molecule has 1 aromatic carbocycles. The zero-order chi connectivity index (χ0) is 15.7. The fraction of sp³-hybridized carbons (Fsp3) is 0.238. The maximum absolute atomic E-state index is 4.02. The van der Waals surface area contributed by atoms with Gasteiger partial charge in [-0.1, -0.05) is 81.1 Å². The molecule has 0 spiro atoms. The van der Waals surface area contributed by atoms with Crippen LogP contribution >= 0.6 is 0 Å². The van der Waals surface area contributed by atoms with E-state index in [9.17, 15) is 0 Å². The maximum Gasteiger partial charge on any atom is -0.0184 e. The van der Waals surface area contributed by atoms with E-state index in [0.29, 0.717) is 0 Å². The van der Waals surface area contributed by atoms with Gasteiger partial charge in [0.2, 0.25) is 0 Å². The van der Waals surface area contributed by atoms with Crippen LogP contribution in [0.15, 0.2) is 84.5 Å².